The fourth-order valence-corrected chi connectivity index (χ4v) is 4.17. The first-order chi connectivity index (χ1) is 14.4. The van der Waals surface area contributed by atoms with Crippen LogP contribution in [0.15, 0.2) is 73.3 Å². The highest BCUT2D eigenvalue weighted by Crippen LogP contribution is 2.47. The van der Waals surface area contributed by atoms with Crippen molar-refractivity contribution in [1.29, 1.82) is 0 Å². The molecule has 0 spiro atoms. The number of aliphatic hydroxyl groups is 1. The summed E-state index contributed by atoms with van der Waals surface area (Å²) in [7, 11) is 1.55. The Morgan fingerprint density at radius 1 is 1.07 bits per heavy atom. The van der Waals surface area contributed by atoms with Gasteiger partial charge in [-0.05, 0) is 29.8 Å². The lowest BCUT2D eigenvalue weighted by Crippen LogP contribution is -2.45. The van der Waals surface area contributed by atoms with Crippen molar-refractivity contribution in [2.75, 3.05) is 20.2 Å². The Hall–Kier alpha value is -2.90. The summed E-state index contributed by atoms with van der Waals surface area (Å²) in [6.45, 7) is -0.296. The van der Waals surface area contributed by atoms with Crippen molar-refractivity contribution in [3.05, 3.63) is 90.0 Å². The fourth-order valence-electron chi connectivity index (χ4n) is 4.17. The van der Waals surface area contributed by atoms with E-state index in [0.29, 0.717) is 22.4 Å². The molecule has 2 aromatic heterocycles. The molecule has 156 valence electrons. The van der Waals surface area contributed by atoms with E-state index >= 15 is 0 Å². The minimum atomic E-state index is -2.82. The predicted molar refractivity (Wildman–Crippen MR) is 108 cm³/mol. The predicted octanol–water partition coefficient (Wildman–Crippen LogP) is 3.80. The monoisotopic (exact) mass is 411 g/mol. The van der Waals surface area contributed by atoms with E-state index in [-0.39, 0.29) is 13.0 Å². The fraction of sp³-hybridized carbons (Fsp3) is 0.304. The molecule has 0 amide bonds. The van der Waals surface area contributed by atoms with Crippen LogP contribution in [0.1, 0.15) is 29.2 Å². The molecule has 30 heavy (non-hydrogen) atoms. The van der Waals surface area contributed by atoms with Crippen molar-refractivity contribution in [2.24, 2.45) is 0 Å². The quantitative estimate of drug-likeness (QED) is 0.669. The van der Waals surface area contributed by atoms with Gasteiger partial charge < -0.3 is 9.84 Å². The number of nitrogens with zero attached hydrogens (tertiary/aromatic N) is 3. The number of rotatable bonds is 6. The average molecular weight is 411 g/mol. The van der Waals surface area contributed by atoms with Crippen molar-refractivity contribution >= 4 is 0 Å². The number of likely N-dealkylation sites (tertiary alicyclic amines) is 1. The summed E-state index contributed by atoms with van der Waals surface area (Å²) in [4.78, 5) is 9.97. The molecular weight excluding hydrogens is 388 g/mol. The first-order valence-electron chi connectivity index (χ1n) is 9.73. The zero-order chi connectivity index (χ0) is 21.2. The second kappa shape index (κ2) is 8.08. The molecule has 1 saturated heterocycles. The van der Waals surface area contributed by atoms with E-state index in [2.05, 4.69) is 9.97 Å². The van der Waals surface area contributed by atoms with E-state index in [1.165, 1.54) is 0 Å². The molecule has 1 N–H and O–H groups in total. The van der Waals surface area contributed by atoms with Crippen LogP contribution in [0.2, 0.25) is 0 Å². The number of halogens is 2. The van der Waals surface area contributed by atoms with Gasteiger partial charge in [-0.2, -0.15) is 0 Å². The topological polar surface area (TPSA) is 58.5 Å². The van der Waals surface area contributed by atoms with Gasteiger partial charge in [-0.25, -0.2) is 8.78 Å². The summed E-state index contributed by atoms with van der Waals surface area (Å²) in [5.74, 6) is -2.23. The van der Waals surface area contributed by atoms with E-state index in [4.69, 9.17) is 4.74 Å². The average Bonchev–Trinajstić information content (AvgIpc) is 3.14. The van der Waals surface area contributed by atoms with Gasteiger partial charge in [0.05, 0.1) is 19.7 Å². The molecule has 1 unspecified atom stereocenters. The third kappa shape index (κ3) is 3.78. The summed E-state index contributed by atoms with van der Waals surface area (Å²) in [6.07, 6.45) is 6.09. The molecule has 1 aliphatic rings. The van der Waals surface area contributed by atoms with Gasteiger partial charge in [-0.3, -0.25) is 14.9 Å². The maximum absolute atomic E-state index is 14.2. The maximum Gasteiger partial charge on any atom is 0.261 e. The Kier molecular flexibility index (Phi) is 5.49. The number of ether oxygens (including phenoxy) is 1. The van der Waals surface area contributed by atoms with E-state index in [9.17, 15) is 13.9 Å². The number of pyridine rings is 2. The first-order valence-corrected chi connectivity index (χ1v) is 9.73. The molecule has 0 radical (unpaired) electrons. The summed E-state index contributed by atoms with van der Waals surface area (Å²) in [5, 5.41) is 12.3. The third-order valence-electron chi connectivity index (χ3n) is 5.57. The smallest absolute Gasteiger partial charge is 0.261 e. The molecule has 0 saturated carbocycles. The highest BCUT2D eigenvalue weighted by atomic mass is 19.3. The van der Waals surface area contributed by atoms with E-state index in [0.717, 1.165) is 0 Å². The number of benzene rings is 1. The minimum Gasteiger partial charge on any atom is -0.497 e. The zero-order valence-corrected chi connectivity index (χ0v) is 16.6. The maximum atomic E-state index is 14.2. The Balaban J connectivity index is 1.94. The number of aromatic nitrogens is 2. The van der Waals surface area contributed by atoms with E-state index in [1.54, 1.807) is 79.3 Å². The number of hydrogen-bond donors (Lipinski definition) is 1. The summed E-state index contributed by atoms with van der Waals surface area (Å²) >= 11 is 0. The Bertz CT molecular complexity index is 947. The van der Waals surface area contributed by atoms with Crippen LogP contribution < -0.4 is 4.74 Å². The summed E-state index contributed by atoms with van der Waals surface area (Å²) in [6, 6.07) is 13.3. The lowest BCUT2D eigenvalue weighted by atomic mass is 9.77. The third-order valence-corrected chi connectivity index (χ3v) is 5.57. The van der Waals surface area contributed by atoms with Crippen LogP contribution in [-0.4, -0.2) is 46.1 Å². The van der Waals surface area contributed by atoms with Gasteiger partial charge >= 0.3 is 0 Å². The van der Waals surface area contributed by atoms with Gasteiger partial charge in [-0.1, -0.05) is 24.3 Å². The molecule has 1 fully saturated rings. The van der Waals surface area contributed by atoms with Crippen molar-refractivity contribution in [1.82, 2.24) is 14.9 Å². The number of hydrogen-bond acceptors (Lipinski definition) is 5. The van der Waals surface area contributed by atoms with Gasteiger partial charge in [0, 0.05) is 48.9 Å². The zero-order valence-electron chi connectivity index (χ0n) is 16.6. The molecule has 3 heterocycles. The van der Waals surface area contributed by atoms with Gasteiger partial charge in [0.2, 0.25) is 0 Å². The first kappa shape index (κ1) is 20.4. The van der Waals surface area contributed by atoms with Crippen LogP contribution in [-0.2, 0) is 5.60 Å². The molecule has 5 nitrogen and oxygen atoms in total. The molecule has 4 rings (SSSR count). The van der Waals surface area contributed by atoms with Crippen LogP contribution in [0, 0.1) is 0 Å². The Morgan fingerprint density at radius 2 is 1.73 bits per heavy atom. The Labute approximate surface area is 174 Å². The molecule has 0 aliphatic carbocycles. The van der Waals surface area contributed by atoms with Crippen LogP contribution in [0.3, 0.4) is 0 Å². The van der Waals surface area contributed by atoms with Crippen molar-refractivity contribution < 1.29 is 18.6 Å². The normalized spacial score (nSPS) is 17.6. The van der Waals surface area contributed by atoms with Gasteiger partial charge in [0.1, 0.15) is 11.4 Å². The minimum absolute atomic E-state index is 0.151. The van der Waals surface area contributed by atoms with Crippen molar-refractivity contribution in [3.63, 3.8) is 0 Å². The lowest BCUT2D eigenvalue weighted by Gasteiger charge is -2.42. The van der Waals surface area contributed by atoms with E-state index < -0.39 is 24.1 Å². The second-order valence-corrected chi connectivity index (χ2v) is 7.51. The molecule has 1 aliphatic heterocycles. The Morgan fingerprint density at radius 3 is 2.23 bits per heavy atom. The summed E-state index contributed by atoms with van der Waals surface area (Å²) < 4.78 is 33.8. The summed E-state index contributed by atoms with van der Waals surface area (Å²) in [5.41, 5.74) is 0.0132. The van der Waals surface area contributed by atoms with Crippen LogP contribution in [0.4, 0.5) is 8.78 Å². The molecular formula is C23H23F2N3O2. The van der Waals surface area contributed by atoms with E-state index in [1.807, 2.05) is 6.07 Å². The molecule has 3 aromatic rings. The van der Waals surface area contributed by atoms with Crippen LogP contribution >= 0.6 is 0 Å². The van der Waals surface area contributed by atoms with Crippen molar-refractivity contribution in [2.45, 2.75) is 24.0 Å². The van der Waals surface area contributed by atoms with Gasteiger partial charge in [0.25, 0.3) is 5.92 Å². The van der Waals surface area contributed by atoms with Crippen LogP contribution in [0.5, 0.6) is 5.75 Å². The standard InChI is InChI=1S/C23H23F2N3O2/c1-30-20-8-2-5-17(13-20)21(28-12-9-22(24,25)16-28)23(29,18-6-3-10-26-14-18)19-7-4-11-27-15-19/h2-8,10-11,13-15,21,29H,9,12,16H2,1H3. The SMILES string of the molecule is COc1cccc(C(N2CCC(F)(F)C2)C(O)(c2cccnc2)c2cccnc2)c1. The number of alkyl halides is 2. The van der Waals surface area contributed by atoms with Crippen LogP contribution in [0.25, 0.3) is 0 Å². The van der Waals surface area contributed by atoms with Crippen molar-refractivity contribution in [3.8, 4) is 5.75 Å². The number of methoxy groups -OCH3 is 1. The molecule has 1 atom stereocenters. The molecule has 7 heteroatoms. The van der Waals surface area contributed by atoms with Gasteiger partial charge in [-0.15, -0.1) is 0 Å². The molecule has 0 bridgehead atoms. The largest absolute Gasteiger partial charge is 0.497 e. The highest BCUT2D eigenvalue weighted by Gasteiger charge is 2.50. The second-order valence-electron chi connectivity index (χ2n) is 7.51. The molecule has 1 aromatic carbocycles. The highest BCUT2D eigenvalue weighted by molar-refractivity contribution is 5.41. The van der Waals surface area contributed by atoms with Gasteiger partial charge in [0.15, 0.2) is 0 Å². The lowest BCUT2D eigenvalue weighted by molar-refractivity contribution is -0.0384.